The Morgan fingerprint density at radius 3 is 2.57 bits per heavy atom. The summed E-state index contributed by atoms with van der Waals surface area (Å²) in [5, 5.41) is 7.70. The minimum absolute atomic E-state index is 0.0613. The number of aromatic nitrogens is 2. The molecule has 1 aliphatic heterocycles. The van der Waals surface area contributed by atoms with Gasteiger partial charge in [0.25, 0.3) is 5.91 Å². The molecule has 146 valence electrons. The van der Waals surface area contributed by atoms with E-state index in [4.69, 9.17) is 4.42 Å². The summed E-state index contributed by atoms with van der Waals surface area (Å²) in [5.74, 6) is 0.809. The van der Waals surface area contributed by atoms with Crippen LogP contribution in [-0.2, 0) is 0 Å². The van der Waals surface area contributed by atoms with Gasteiger partial charge >= 0.3 is 0 Å². The second-order valence-corrected chi connectivity index (χ2v) is 7.28. The lowest BCUT2D eigenvalue weighted by molar-refractivity contribution is 0.0932. The van der Waals surface area contributed by atoms with Gasteiger partial charge in [0, 0.05) is 6.54 Å². The van der Waals surface area contributed by atoms with Crippen LogP contribution in [0.15, 0.2) is 53.1 Å². The van der Waals surface area contributed by atoms with Crippen LogP contribution in [0.3, 0.4) is 0 Å². The highest BCUT2D eigenvalue weighted by Gasteiger charge is 2.27. The Bertz CT molecular complexity index is 925. The summed E-state index contributed by atoms with van der Waals surface area (Å²) in [7, 11) is 0. The third kappa shape index (κ3) is 3.60. The lowest BCUT2D eigenvalue weighted by atomic mass is 10.1. The first-order valence-corrected chi connectivity index (χ1v) is 9.82. The average molecular weight is 378 g/mol. The van der Waals surface area contributed by atoms with E-state index in [1.807, 2.05) is 61.0 Å². The predicted molar refractivity (Wildman–Crippen MR) is 108 cm³/mol. The number of para-hydroxylation sites is 1. The molecular weight excluding hydrogens is 352 g/mol. The molecule has 1 fully saturated rings. The van der Waals surface area contributed by atoms with E-state index in [1.165, 1.54) is 12.8 Å². The molecule has 1 aromatic carbocycles. The molecule has 1 atom stereocenters. The normalized spacial score (nSPS) is 15.6. The number of rotatable bonds is 6. The molecule has 2 aromatic heterocycles. The number of nitrogens with one attached hydrogen (secondary N) is 1. The van der Waals surface area contributed by atoms with Gasteiger partial charge in [0.05, 0.1) is 34.9 Å². The maximum absolute atomic E-state index is 13.0. The van der Waals surface area contributed by atoms with Crippen molar-refractivity contribution < 1.29 is 9.21 Å². The number of nitrogens with zero attached hydrogens (tertiary/aromatic N) is 3. The Morgan fingerprint density at radius 1 is 1.14 bits per heavy atom. The predicted octanol–water partition coefficient (Wildman–Crippen LogP) is 3.65. The van der Waals surface area contributed by atoms with E-state index in [-0.39, 0.29) is 11.9 Å². The van der Waals surface area contributed by atoms with Gasteiger partial charge in [0.2, 0.25) is 0 Å². The van der Waals surface area contributed by atoms with E-state index >= 15 is 0 Å². The fourth-order valence-electron chi connectivity index (χ4n) is 4.01. The molecule has 1 N–H and O–H groups in total. The third-order valence-corrected chi connectivity index (χ3v) is 5.43. The Kier molecular flexibility index (Phi) is 5.30. The van der Waals surface area contributed by atoms with E-state index in [1.54, 1.807) is 6.26 Å². The van der Waals surface area contributed by atoms with Crippen molar-refractivity contribution in [2.75, 3.05) is 19.6 Å². The van der Waals surface area contributed by atoms with E-state index in [2.05, 4.69) is 15.3 Å². The molecule has 0 radical (unpaired) electrons. The zero-order chi connectivity index (χ0) is 19.5. The van der Waals surface area contributed by atoms with Crippen molar-refractivity contribution in [3.05, 3.63) is 71.4 Å². The molecule has 0 unspecified atom stereocenters. The molecule has 1 saturated heterocycles. The second-order valence-electron chi connectivity index (χ2n) is 7.28. The van der Waals surface area contributed by atoms with Crippen molar-refractivity contribution in [3.63, 3.8) is 0 Å². The van der Waals surface area contributed by atoms with Crippen molar-refractivity contribution in [2.24, 2.45) is 0 Å². The van der Waals surface area contributed by atoms with Gasteiger partial charge in [-0.05, 0) is 64.0 Å². The standard InChI is InChI=1S/C22H26N4O2/c1-16-21(17(2)26(24-16)18-9-4-3-5-10-18)22(27)23-15-19(20-11-8-14-28-20)25-12-6-7-13-25/h3-5,8-11,14,19H,6-7,12-13,15H2,1-2H3,(H,23,27)/t19-/m0/s1. The highest BCUT2D eigenvalue weighted by molar-refractivity contribution is 5.96. The average Bonchev–Trinajstić information content (AvgIpc) is 3.45. The first-order valence-electron chi connectivity index (χ1n) is 9.82. The SMILES string of the molecule is Cc1nn(-c2ccccc2)c(C)c1C(=O)NC[C@@H](c1ccco1)N1CCCC1. The Labute approximate surface area is 165 Å². The van der Waals surface area contributed by atoms with Gasteiger partial charge in [-0.3, -0.25) is 9.69 Å². The van der Waals surface area contributed by atoms with Crippen LogP contribution in [0.2, 0.25) is 0 Å². The van der Waals surface area contributed by atoms with Gasteiger partial charge in [-0.25, -0.2) is 4.68 Å². The monoisotopic (exact) mass is 378 g/mol. The zero-order valence-electron chi connectivity index (χ0n) is 16.4. The highest BCUT2D eigenvalue weighted by Crippen LogP contribution is 2.25. The number of likely N-dealkylation sites (tertiary alicyclic amines) is 1. The summed E-state index contributed by atoms with van der Waals surface area (Å²) >= 11 is 0. The first-order chi connectivity index (χ1) is 13.6. The maximum Gasteiger partial charge on any atom is 0.255 e. The van der Waals surface area contributed by atoms with Crippen molar-refractivity contribution in [3.8, 4) is 5.69 Å². The number of carbonyl (C=O) groups is 1. The van der Waals surface area contributed by atoms with Crippen molar-refractivity contribution >= 4 is 5.91 Å². The smallest absolute Gasteiger partial charge is 0.255 e. The van der Waals surface area contributed by atoms with Crippen LogP contribution in [0.1, 0.15) is 46.4 Å². The number of furan rings is 1. The van der Waals surface area contributed by atoms with Gasteiger partial charge in [-0.2, -0.15) is 5.10 Å². The molecular formula is C22H26N4O2. The van der Waals surface area contributed by atoms with Crippen LogP contribution < -0.4 is 5.32 Å². The molecule has 1 amide bonds. The van der Waals surface area contributed by atoms with Crippen LogP contribution in [0.4, 0.5) is 0 Å². The van der Waals surface area contributed by atoms with Crippen LogP contribution in [0.5, 0.6) is 0 Å². The molecule has 0 saturated carbocycles. The molecule has 6 nitrogen and oxygen atoms in total. The third-order valence-electron chi connectivity index (χ3n) is 5.43. The fourth-order valence-corrected chi connectivity index (χ4v) is 4.01. The Balaban J connectivity index is 1.52. The molecule has 0 aliphatic carbocycles. The summed E-state index contributed by atoms with van der Waals surface area (Å²) in [4.78, 5) is 15.4. The van der Waals surface area contributed by atoms with Gasteiger partial charge in [-0.1, -0.05) is 18.2 Å². The first kappa shape index (κ1) is 18.5. The molecule has 3 heterocycles. The second kappa shape index (κ2) is 8.02. The van der Waals surface area contributed by atoms with Crippen molar-refractivity contribution in [2.45, 2.75) is 32.7 Å². The van der Waals surface area contributed by atoms with Gasteiger partial charge in [0.1, 0.15) is 5.76 Å². The van der Waals surface area contributed by atoms with E-state index < -0.39 is 0 Å². The van der Waals surface area contributed by atoms with Gasteiger partial charge in [-0.15, -0.1) is 0 Å². The van der Waals surface area contributed by atoms with E-state index in [0.717, 1.165) is 35.9 Å². The lowest BCUT2D eigenvalue weighted by Gasteiger charge is -2.26. The molecule has 28 heavy (non-hydrogen) atoms. The van der Waals surface area contributed by atoms with Crippen LogP contribution in [-0.4, -0.2) is 40.2 Å². The largest absolute Gasteiger partial charge is 0.468 e. The number of hydrogen-bond acceptors (Lipinski definition) is 4. The molecule has 1 aliphatic rings. The number of hydrogen-bond donors (Lipinski definition) is 1. The summed E-state index contributed by atoms with van der Waals surface area (Å²) in [5.41, 5.74) is 3.17. The molecule has 4 rings (SSSR count). The summed E-state index contributed by atoms with van der Waals surface area (Å²) < 4.78 is 7.47. The number of amides is 1. The van der Waals surface area contributed by atoms with Crippen LogP contribution >= 0.6 is 0 Å². The summed E-state index contributed by atoms with van der Waals surface area (Å²) in [6.07, 6.45) is 4.07. The van der Waals surface area contributed by atoms with Crippen LogP contribution in [0, 0.1) is 13.8 Å². The Morgan fingerprint density at radius 2 is 1.89 bits per heavy atom. The molecule has 0 spiro atoms. The minimum atomic E-state index is -0.0899. The quantitative estimate of drug-likeness (QED) is 0.711. The maximum atomic E-state index is 13.0. The number of aryl methyl sites for hydroxylation is 1. The van der Waals surface area contributed by atoms with Gasteiger partial charge < -0.3 is 9.73 Å². The van der Waals surface area contributed by atoms with Gasteiger partial charge in [0.15, 0.2) is 0 Å². The zero-order valence-corrected chi connectivity index (χ0v) is 16.4. The summed E-state index contributed by atoms with van der Waals surface area (Å²) in [6.45, 7) is 6.40. The lowest BCUT2D eigenvalue weighted by Crippen LogP contribution is -2.37. The van der Waals surface area contributed by atoms with Crippen molar-refractivity contribution in [1.82, 2.24) is 20.0 Å². The molecule has 0 bridgehead atoms. The fraction of sp³-hybridized carbons (Fsp3) is 0.364. The van der Waals surface area contributed by atoms with Crippen LogP contribution in [0.25, 0.3) is 5.69 Å². The summed E-state index contributed by atoms with van der Waals surface area (Å²) in [6, 6.07) is 13.8. The highest BCUT2D eigenvalue weighted by atomic mass is 16.3. The Hall–Kier alpha value is -2.86. The molecule has 6 heteroatoms. The van der Waals surface area contributed by atoms with E-state index in [0.29, 0.717) is 12.1 Å². The number of benzene rings is 1. The van der Waals surface area contributed by atoms with Crippen molar-refractivity contribution in [1.29, 1.82) is 0 Å². The minimum Gasteiger partial charge on any atom is -0.468 e. The topological polar surface area (TPSA) is 63.3 Å². The number of carbonyl (C=O) groups excluding carboxylic acids is 1. The molecule has 3 aromatic rings. The van der Waals surface area contributed by atoms with E-state index in [9.17, 15) is 4.79 Å².